The summed E-state index contributed by atoms with van der Waals surface area (Å²) in [6, 6.07) is 7.44. The number of aliphatic hydroxyl groups is 2. The fraction of sp³-hybridized carbons (Fsp3) is 0.600. The third kappa shape index (κ3) is 3.71. The minimum Gasteiger partial charge on any atom is -0.395 e. The normalized spacial score (nSPS) is 13.6. The Kier molecular flexibility index (Phi) is 6.13. The Balaban J connectivity index is 2.99. The Morgan fingerprint density at radius 1 is 1.28 bits per heavy atom. The highest BCUT2D eigenvalue weighted by molar-refractivity contribution is 6.30. The molecule has 102 valence electrons. The van der Waals surface area contributed by atoms with Gasteiger partial charge in [-0.25, -0.2) is 0 Å². The van der Waals surface area contributed by atoms with Crippen molar-refractivity contribution in [1.82, 2.24) is 0 Å². The highest BCUT2D eigenvalue weighted by Crippen LogP contribution is 2.33. The zero-order valence-corrected chi connectivity index (χ0v) is 12.0. The first kappa shape index (κ1) is 15.5. The van der Waals surface area contributed by atoms with Gasteiger partial charge in [-0.15, -0.1) is 0 Å². The van der Waals surface area contributed by atoms with Crippen molar-refractivity contribution in [2.45, 2.75) is 38.5 Å². The van der Waals surface area contributed by atoms with Crippen molar-refractivity contribution in [3.63, 3.8) is 0 Å². The smallest absolute Gasteiger partial charge is 0.0550 e. The van der Waals surface area contributed by atoms with Gasteiger partial charge in [0.1, 0.15) is 0 Å². The van der Waals surface area contributed by atoms with Gasteiger partial charge in [0.2, 0.25) is 0 Å². The van der Waals surface area contributed by atoms with Gasteiger partial charge < -0.3 is 10.2 Å². The Morgan fingerprint density at radius 2 is 1.94 bits per heavy atom. The molecule has 0 fully saturated rings. The molecule has 0 aliphatic heterocycles. The Labute approximate surface area is 115 Å². The third-order valence-electron chi connectivity index (χ3n) is 3.56. The summed E-state index contributed by atoms with van der Waals surface area (Å²) in [7, 11) is 0. The third-order valence-corrected chi connectivity index (χ3v) is 3.80. The molecular formula is C15H23ClO2. The molecule has 0 bridgehead atoms. The van der Waals surface area contributed by atoms with Crippen LogP contribution < -0.4 is 0 Å². The number of rotatable bonds is 7. The van der Waals surface area contributed by atoms with Crippen LogP contribution in [0.2, 0.25) is 5.02 Å². The number of hydrogen-bond donors (Lipinski definition) is 2. The van der Waals surface area contributed by atoms with Crippen molar-refractivity contribution >= 4 is 11.6 Å². The average Bonchev–Trinajstić information content (AvgIpc) is 2.36. The van der Waals surface area contributed by atoms with Crippen LogP contribution >= 0.6 is 11.6 Å². The van der Waals surface area contributed by atoms with Crippen LogP contribution in [0.1, 0.15) is 38.7 Å². The van der Waals surface area contributed by atoms with E-state index < -0.39 is 5.41 Å². The first-order valence-corrected chi connectivity index (χ1v) is 6.93. The molecule has 1 aromatic rings. The molecule has 1 atom stereocenters. The summed E-state index contributed by atoms with van der Waals surface area (Å²) in [4.78, 5) is 0. The minimum atomic E-state index is -0.584. The molecule has 2 nitrogen and oxygen atoms in total. The number of hydrogen-bond acceptors (Lipinski definition) is 2. The second kappa shape index (κ2) is 7.13. The highest BCUT2D eigenvalue weighted by atomic mass is 35.5. The van der Waals surface area contributed by atoms with Gasteiger partial charge in [0.25, 0.3) is 0 Å². The van der Waals surface area contributed by atoms with Crippen LogP contribution in [-0.4, -0.2) is 23.4 Å². The lowest BCUT2D eigenvalue weighted by Gasteiger charge is -2.33. The summed E-state index contributed by atoms with van der Waals surface area (Å²) in [5.41, 5.74) is 0.336. The maximum atomic E-state index is 9.73. The van der Waals surface area contributed by atoms with E-state index in [2.05, 4.69) is 13.8 Å². The highest BCUT2D eigenvalue weighted by Gasteiger charge is 2.32. The van der Waals surface area contributed by atoms with Gasteiger partial charge in [-0.2, -0.15) is 0 Å². The largest absolute Gasteiger partial charge is 0.395 e. The van der Waals surface area contributed by atoms with Crippen LogP contribution in [0.15, 0.2) is 24.3 Å². The molecule has 3 heteroatoms. The van der Waals surface area contributed by atoms with Crippen LogP contribution in [0.5, 0.6) is 0 Å². The van der Waals surface area contributed by atoms with Crippen LogP contribution in [0.25, 0.3) is 0 Å². The van der Waals surface area contributed by atoms with Crippen LogP contribution in [0.4, 0.5) is 0 Å². The first-order chi connectivity index (χ1) is 8.57. The molecule has 0 aliphatic rings. The van der Waals surface area contributed by atoms with E-state index in [0.29, 0.717) is 10.9 Å². The summed E-state index contributed by atoms with van der Waals surface area (Å²) in [6.45, 7) is 4.19. The fourth-order valence-electron chi connectivity index (χ4n) is 2.56. The molecule has 0 saturated heterocycles. The Bertz CT molecular complexity index is 361. The lowest BCUT2D eigenvalue weighted by atomic mass is 9.74. The van der Waals surface area contributed by atoms with Crippen molar-refractivity contribution in [3.05, 3.63) is 34.9 Å². The van der Waals surface area contributed by atoms with Crippen molar-refractivity contribution in [2.24, 2.45) is 5.92 Å². The monoisotopic (exact) mass is 270 g/mol. The van der Waals surface area contributed by atoms with Gasteiger partial charge in [-0.05, 0) is 30.0 Å². The zero-order valence-electron chi connectivity index (χ0n) is 11.2. The predicted octanol–water partition coefficient (Wildman–Crippen LogP) is 3.39. The molecule has 1 rings (SSSR count). The van der Waals surface area contributed by atoms with Crippen LogP contribution in [0.3, 0.4) is 0 Å². The van der Waals surface area contributed by atoms with Crippen molar-refractivity contribution in [1.29, 1.82) is 0 Å². The second-order valence-corrected chi connectivity index (χ2v) is 5.64. The predicted molar refractivity (Wildman–Crippen MR) is 76.0 cm³/mol. The molecule has 0 heterocycles. The molecule has 2 N–H and O–H groups in total. The van der Waals surface area contributed by atoms with Crippen LogP contribution in [0, 0.1) is 5.92 Å². The summed E-state index contributed by atoms with van der Waals surface area (Å²) >= 11 is 6.00. The van der Waals surface area contributed by atoms with E-state index in [1.54, 1.807) is 6.07 Å². The summed E-state index contributed by atoms with van der Waals surface area (Å²) in [6.07, 6.45) is 2.99. The second-order valence-electron chi connectivity index (χ2n) is 5.20. The summed E-state index contributed by atoms with van der Waals surface area (Å²) < 4.78 is 0. The van der Waals surface area contributed by atoms with Gasteiger partial charge in [-0.3, -0.25) is 0 Å². The molecule has 0 spiro atoms. The van der Waals surface area contributed by atoms with Crippen LogP contribution in [-0.2, 0) is 5.41 Å². The van der Waals surface area contributed by atoms with E-state index in [0.717, 1.165) is 24.8 Å². The molecule has 1 unspecified atom stereocenters. The SMILES string of the molecule is CCCC(C)CC(CO)(CO)c1cccc(Cl)c1. The van der Waals surface area contributed by atoms with Crippen molar-refractivity contribution in [3.8, 4) is 0 Å². The molecule has 0 aromatic heterocycles. The number of aliphatic hydroxyl groups excluding tert-OH is 2. The van der Waals surface area contributed by atoms with E-state index in [9.17, 15) is 10.2 Å². The quantitative estimate of drug-likeness (QED) is 0.797. The van der Waals surface area contributed by atoms with E-state index >= 15 is 0 Å². The molecule has 18 heavy (non-hydrogen) atoms. The summed E-state index contributed by atoms with van der Waals surface area (Å²) in [5, 5.41) is 20.1. The average molecular weight is 271 g/mol. The molecular weight excluding hydrogens is 248 g/mol. The number of benzene rings is 1. The molecule has 1 aromatic carbocycles. The van der Waals surface area contributed by atoms with Gasteiger partial charge in [0.05, 0.1) is 13.2 Å². The topological polar surface area (TPSA) is 40.5 Å². The fourth-order valence-corrected chi connectivity index (χ4v) is 2.75. The van der Waals surface area contributed by atoms with E-state index in [4.69, 9.17) is 11.6 Å². The van der Waals surface area contributed by atoms with Gasteiger partial charge in [0, 0.05) is 10.4 Å². The molecule has 0 saturated carbocycles. The first-order valence-electron chi connectivity index (χ1n) is 6.55. The lowest BCUT2D eigenvalue weighted by Crippen LogP contribution is -2.36. The zero-order chi connectivity index (χ0) is 13.6. The van der Waals surface area contributed by atoms with Gasteiger partial charge in [-0.1, -0.05) is 50.4 Å². The molecule has 0 radical (unpaired) electrons. The van der Waals surface area contributed by atoms with Crippen molar-refractivity contribution in [2.75, 3.05) is 13.2 Å². The Hall–Kier alpha value is -0.570. The van der Waals surface area contributed by atoms with E-state index in [-0.39, 0.29) is 13.2 Å². The lowest BCUT2D eigenvalue weighted by molar-refractivity contribution is 0.0956. The molecule has 0 amide bonds. The number of halogens is 1. The van der Waals surface area contributed by atoms with Gasteiger partial charge >= 0.3 is 0 Å². The molecule has 0 aliphatic carbocycles. The maximum Gasteiger partial charge on any atom is 0.0550 e. The Morgan fingerprint density at radius 3 is 2.44 bits per heavy atom. The minimum absolute atomic E-state index is 0.0576. The standard InChI is InChI=1S/C15H23ClO2/c1-3-5-12(2)9-15(10-17,11-18)13-6-4-7-14(16)8-13/h4,6-8,12,17-18H,3,5,9-11H2,1-2H3. The maximum absolute atomic E-state index is 9.73. The van der Waals surface area contributed by atoms with Crippen molar-refractivity contribution < 1.29 is 10.2 Å². The summed E-state index contributed by atoms with van der Waals surface area (Å²) in [5.74, 6) is 0.466. The van der Waals surface area contributed by atoms with E-state index in [1.807, 2.05) is 18.2 Å². The van der Waals surface area contributed by atoms with Gasteiger partial charge in [0.15, 0.2) is 0 Å². The van der Waals surface area contributed by atoms with E-state index in [1.165, 1.54) is 0 Å².